The van der Waals surface area contributed by atoms with Crippen LogP contribution in [0.4, 0.5) is 0 Å². The normalized spacial score (nSPS) is 17.9. The second-order valence-electron chi connectivity index (χ2n) is 4.97. The molecule has 1 heterocycles. The van der Waals surface area contributed by atoms with Gasteiger partial charge in [-0.05, 0) is 30.4 Å². The van der Waals surface area contributed by atoms with Crippen molar-refractivity contribution in [1.29, 1.82) is 0 Å². The van der Waals surface area contributed by atoms with Crippen LogP contribution in [-0.4, -0.2) is 16.1 Å². The van der Waals surface area contributed by atoms with E-state index in [0.717, 1.165) is 30.5 Å². The molecule has 1 aliphatic rings. The molecular weight excluding hydrogens is 214 g/mol. The smallest absolute Gasteiger partial charge is 0.304 e. The number of benzene rings is 1. The Balaban J connectivity index is 2.04. The van der Waals surface area contributed by atoms with Crippen LogP contribution in [-0.2, 0) is 10.2 Å². The Bertz CT molecular complexity index is 533. The van der Waals surface area contributed by atoms with Crippen molar-refractivity contribution >= 4 is 16.9 Å². The predicted molar refractivity (Wildman–Crippen MR) is 66.1 cm³/mol. The number of nitrogens with one attached hydrogen (secondary N) is 1. The zero-order valence-corrected chi connectivity index (χ0v) is 9.57. The van der Waals surface area contributed by atoms with Gasteiger partial charge >= 0.3 is 5.97 Å². The Hall–Kier alpha value is -1.77. The quantitative estimate of drug-likeness (QED) is 0.849. The third-order valence-corrected chi connectivity index (χ3v) is 3.90. The summed E-state index contributed by atoms with van der Waals surface area (Å²) in [7, 11) is 0. The summed E-state index contributed by atoms with van der Waals surface area (Å²) in [5.41, 5.74) is 2.04. The number of para-hydroxylation sites is 1. The highest BCUT2D eigenvalue weighted by Gasteiger charge is 2.41. The van der Waals surface area contributed by atoms with Crippen molar-refractivity contribution in [3.8, 4) is 0 Å². The standard InChI is InChI=1S/C14H15NO2/c16-13(17)9-14(6-3-7-14)12-8-10-4-1-2-5-11(10)15-12/h1-2,4-5,8,15H,3,6-7,9H2,(H,16,17). The van der Waals surface area contributed by atoms with Crippen molar-refractivity contribution in [2.45, 2.75) is 31.1 Å². The molecule has 1 fully saturated rings. The molecule has 17 heavy (non-hydrogen) atoms. The van der Waals surface area contributed by atoms with Crippen LogP contribution in [0, 0.1) is 0 Å². The van der Waals surface area contributed by atoms with Crippen molar-refractivity contribution in [2.24, 2.45) is 0 Å². The molecule has 2 N–H and O–H groups in total. The van der Waals surface area contributed by atoms with Gasteiger partial charge in [-0.3, -0.25) is 4.79 Å². The molecule has 0 spiro atoms. The van der Waals surface area contributed by atoms with Crippen LogP contribution >= 0.6 is 0 Å². The first-order valence-electron chi connectivity index (χ1n) is 6.00. The maximum absolute atomic E-state index is 11.0. The monoisotopic (exact) mass is 229 g/mol. The van der Waals surface area contributed by atoms with Crippen molar-refractivity contribution in [2.75, 3.05) is 0 Å². The lowest BCUT2D eigenvalue weighted by molar-refractivity contribution is -0.139. The van der Waals surface area contributed by atoms with Crippen molar-refractivity contribution < 1.29 is 9.90 Å². The van der Waals surface area contributed by atoms with E-state index in [1.807, 2.05) is 18.2 Å². The first-order valence-corrected chi connectivity index (χ1v) is 6.00. The number of carboxylic acids is 1. The highest BCUT2D eigenvalue weighted by atomic mass is 16.4. The van der Waals surface area contributed by atoms with Gasteiger partial charge in [0.1, 0.15) is 0 Å². The summed E-state index contributed by atoms with van der Waals surface area (Å²) in [4.78, 5) is 14.4. The first-order chi connectivity index (χ1) is 8.20. The first kappa shape index (κ1) is 10.4. The molecule has 0 radical (unpaired) electrons. The molecule has 3 rings (SSSR count). The Morgan fingerprint density at radius 1 is 1.35 bits per heavy atom. The van der Waals surface area contributed by atoms with Gasteiger partial charge in [-0.2, -0.15) is 0 Å². The van der Waals surface area contributed by atoms with Crippen LogP contribution in [0.2, 0.25) is 0 Å². The average molecular weight is 229 g/mol. The fraction of sp³-hybridized carbons (Fsp3) is 0.357. The van der Waals surface area contributed by atoms with Crippen LogP contribution < -0.4 is 0 Å². The number of aromatic nitrogens is 1. The number of carboxylic acid groups (broad SMARTS) is 1. The number of carbonyl (C=O) groups is 1. The minimum Gasteiger partial charge on any atom is -0.481 e. The Labute approximate surface area is 99.5 Å². The topological polar surface area (TPSA) is 53.1 Å². The number of H-pyrrole nitrogens is 1. The molecule has 0 atom stereocenters. The molecule has 0 unspecified atom stereocenters. The summed E-state index contributed by atoms with van der Waals surface area (Å²) in [6.45, 7) is 0. The summed E-state index contributed by atoms with van der Waals surface area (Å²) in [5, 5.41) is 10.2. The van der Waals surface area contributed by atoms with Crippen LogP contribution in [0.15, 0.2) is 30.3 Å². The molecule has 3 nitrogen and oxygen atoms in total. The van der Waals surface area contributed by atoms with Crippen LogP contribution in [0.1, 0.15) is 31.4 Å². The minimum atomic E-state index is -0.705. The highest BCUT2D eigenvalue weighted by molar-refractivity contribution is 5.81. The lowest BCUT2D eigenvalue weighted by atomic mass is 9.64. The number of hydrogen-bond donors (Lipinski definition) is 2. The second kappa shape index (κ2) is 3.62. The Morgan fingerprint density at radius 3 is 2.71 bits per heavy atom. The Morgan fingerprint density at radius 2 is 2.12 bits per heavy atom. The van der Waals surface area contributed by atoms with Gasteiger partial charge in [0.2, 0.25) is 0 Å². The second-order valence-corrected chi connectivity index (χ2v) is 4.97. The molecule has 1 aromatic carbocycles. The zero-order chi connectivity index (χ0) is 11.9. The number of aromatic amines is 1. The van der Waals surface area contributed by atoms with Gasteiger partial charge < -0.3 is 10.1 Å². The molecule has 1 saturated carbocycles. The molecular formula is C14H15NO2. The average Bonchev–Trinajstić information content (AvgIpc) is 2.66. The van der Waals surface area contributed by atoms with E-state index in [0.29, 0.717) is 0 Å². The van der Waals surface area contributed by atoms with Crippen LogP contribution in [0.5, 0.6) is 0 Å². The number of fused-ring (bicyclic) bond motifs is 1. The minimum absolute atomic E-state index is 0.148. The van der Waals surface area contributed by atoms with Gasteiger partial charge in [-0.15, -0.1) is 0 Å². The van der Waals surface area contributed by atoms with E-state index < -0.39 is 5.97 Å². The fourth-order valence-electron chi connectivity index (χ4n) is 2.79. The highest BCUT2D eigenvalue weighted by Crippen LogP contribution is 2.46. The summed E-state index contributed by atoms with van der Waals surface area (Å²) in [6, 6.07) is 10.2. The number of aliphatic carboxylic acids is 1. The van der Waals surface area contributed by atoms with E-state index in [2.05, 4.69) is 17.1 Å². The predicted octanol–water partition coefficient (Wildman–Crippen LogP) is 3.06. The number of hydrogen-bond acceptors (Lipinski definition) is 1. The van der Waals surface area contributed by atoms with Crippen LogP contribution in [0.25, 0.3) is 10.9 Å². The third kappa shape index (κ3) is 1.62. The Kier molecular flexibility index (Phi) is 2.21. The lowest BCUT2D eigenvalue weighted by Gasteiger charge is -2.40. The molecule has 1 aromatic heterocycles. The van der Waals surface area contributed by atoms with E-state index in [4.69, 9.17) is 5.11 Å². The summed E-state index contributed by atoms with van der Waals surface area (Å²) < 4.78 is 0. The van der Waals surface area contributed by atoms with Crippen molar-refractivity contribution in [3.05, 3.63) is 36.0 Å². The van der Waals surface area contributed by atoms with Gasteiger partial charge in [0, 0.05) is 16.6 Å². The van der Waals surface area contributed by atoms with Gasteiger partial charge in [0.05, 0.1) is 6.42 Å². The molecule has 88 valence electrons. The molecule has 1 aliphatic carbocycles. The van der Waals surface area contributed by atoms with Crippen LogP contribution in [0.3, 0.4) is 0 Å². The SMILES string of the molecule is O=C(O)CC1(c2cc3ccccc3[nH]2)CCC1. The molecule has 0 saturated heterocycles. The maximum atomic E-state index is 11.0. The van der Waals surface area contributed by atoms with Crippen molar-refractivity contribution in [3.63, 3.8) is 0 Å². The molecule has 2 aromatic rings. The number of rotatable bonds is 3. The molecule has 0 amide bonds. The van der Waals surface area contributed by atoms with E-state index in [1.54, 1.807) is 0 Å². The maximum Gasteiger partial charge on any atom is 0.304 e. The lowest BCUT2D eigenvalue weighted by Crippen LogP contribution is -2.36. The molecule has 0 aliphatic heterocycles. The zero-order valence-electron chi connectivity index (χ0n) is 9.57. The summed E-state index contributed by atoms with van der Waals surface area (Å²) in [6.07, 6.45) is 3.32. The largest absolute Gasteiger partial charge is 0.481 e. The molecule has 0 bridgehead atoms. The van der Waals surface area contributed by atoms with Gasteiger partial charge in [-0.25, -0.2) is 0 Å². The summed E-state index contributed by atoms with van der Waals surface area (Å²) in [5.74, 6) is -0.705. The van der Waals surface area contributed by atoms with E-state index in [-0.39, 0.29) is 11.8 Å². The van der Waals surface area contributed by atoms with E-state index >= 15 is 0 Å². The third-order valence-electron chi connectivity index (χ3n) is 3.90. The van der Waals surface area contributed by atoms with Gasteiger partial charge in [0.15, 0.2) is 0 Å². The van der Waals surface area contributed by atoms with E-state index in [9.17, 15) is 4.79 Å². The van der Waals surface area contributed by atoms with Crippen molar-refractivity contribution in [1.82, 2.24) is 4.98 Å². The fourth-order valence-corrected chi connectivity index (χ4v) is 2.79. The molecule has 3 heteroatoms. The van der Waals surface area contributed by atoms with Gasteiger partial charge in [0.25, 0.3) is 0 Å². The van der Waals surface area contributed by atoms with Gasteiger partial charge in [-0.1, -0.05) is 24.6 Å². The van der Waals surface area contributed by atoms with E-state index in [1.165, 1.54) is 5.39 Å². The summed E-state index contributed by atoms with van der Waals surface area (Å²) >= 11 is 0.